The van der Waals surface area contributed by atoms with E-state index in [4.69, 9.17) is 5.73 Å². The van der Waals surface area contributed by atoms with Crippen LogP contribution in [0.4, 0.5) is 0 Å². The lowest BCUT2D eigenvalue weighted by Crippen LogP contribution is -2.43. The number of fused-ring (bicyclic) bond motifs is 2. The summed E-state index contributed by atoms with van der Waals surface area (Å²) in [5.74, 6) is 0. The fraction of sp³-hybridized carbons (Fsp3) is 0.680. The van der Waals surface area contributed by atoms with Crippen LogP contribution in [0, 0.1) is 0 Å². The van der Waals surface area contributed by atoms with Crippen LogP contribution in [0.25, 0.3) is 22.1 Å². The van der Waals surface area contributed by atoms with Crippen molar-refractivity contribution in [2.24, 2.45) is 5.73 Å². The fourth-order valence-corrected chi connectivity index (χ4v) is 11.4. The Bertz CT molecular complexity index is 2500. The Morgan fingerprint density at radius 2 is 0.925 bits per heavy atom. The first-order valence-electron chi connectivity index (χ1n) is 25.2. The number of nitrogens with two attached hydrogens (primary N) is 1. The van der Waals surface area contributed by atoms with Crippen molar-refractivity contribution in [2.75, 3.05) is 51.8 Å². The van der Waals surface area contributed by atoms with Gasteiger partial charge in [-0.1, -0.05) is 88.5 Å². The van der Waals surface area contributed by atoms with Crippen molar-refractivity contribution in [2.45, 2.75) is 165 Å². The molecule has 0 unspecified atom stereocenters. The van der Waals surface area contributed by atoms with Gasteiger partial charge in [0, 0.05) is 67.6 Å². The molecule has 4 aliphatic rings. The number of aryl methyl sites for hydroxylation is 2. The Morgan fingerprint density at radius 1 is 0.567 bits per heavy atom. The van der Waals surface area contributed by atoms with Gasteiger partial charge in [-0.05, 0) is 108 Å². The van der Waals surface area contributed by atoms with E-state index in [0.717, 1.165) is 98.9 Å². The molecule has 4 aromatic rings. The van der Waals surface area contributed by atoms with Gasteiger partial charge in [-0.3, -0.25) is 9.59 Å². The molecule has 3 N–H and O–H groups in total. The van der Waals surface area contributed by atoms with Gasteiger partial charge in [0.15, 0.2) is 0 Å². The summed E-state index contributed by atoms with van der Waals surface area (Å²) < 4.78 is 48.0. The average molecular weight is 986 g/mol. The van der Waals surface area contributed by atoms with Crippen molar-refractivity contribution in [1.82, 2.24) is 33.6 Å². The van der Waals surface area contributed by atoms with Crippen molar-refractivity contribution in [3.05, 3.63) is 80.6 Å². The van der Waals surface area contributed by atoms with E-state index in [-0.39, 0.29) is 23.2 Å². The molecule has 2 saturated carbocycles. The van der Waals surface area contributed by atoms with E-state index in [0.29, 0.717) is 49.8 Å². The van der Waals surface area contributed by atoms with Crippen LogP contribution in [-0.2, 0) is 31.9 Å². The van der Waals surface area contributed by atoms with Crippen LogP contribution in [0.5, 0.6) is 0 Å². The molecule has 0 radical (unpaired) electrons. The summed E-state index contributed by atoms with van der Waals surface area (Å²) in [7, 11) is -1.92. The zero-order valence-electron chi connectivity index (χ0n) is 40.1. The highest BCUT2D eigenvalue weighted by Gasteiger charge is 2.30. The number of nitrogens with zero attached hydrogens (tertiary/aromatic N) is 6. The Morgan fingerprint density at radius 3 is 1.30 bits per heavy atom. The van der Waals surface area contributed by atoms with Gasteiger partial charge in [0.05, 0.1) is 34.6 Å². The zero-order valence-corrected chi connectivity index (χ0v) is 42.5. The van der Waals surface area contributed by atoms with Crippen molar-refractivity contribution in [1.29, 1.82) is 0 Å². The lowest BCUT2D eigenvalue weighted by molar-refractivity contribution is 0.115. The summed E-state index contributed by atoms with van der Waals surface area (Å²) in [5, 5.41) is 0. The molecule has 4 fully saturated rings. The molecule has 67 heavy (non-hydrogen) atoms. The van der Waals surface area contributed by atoms with Gasteiger partial charge in [0.2, 0.25) is 19.1 Å². The van der Waals surface area contributed by atoms with E-state index in [2.05, 4.69) is 45.8 Å². The second-order valence-electron chi connectivity index (χ2n) is 19.3. The normalized spacial score (nSPS) is 19.6. The molecule has 0 atom stereocenters. The summed E-state index contributed by atoms with van der Waals surface area (Å²) in [6.07, 6.45) is 27.8. The number of hydrogen-bond acceptors (Lipinski definition) is 11. The Labute approximate surface area is 403 Å². The van der Waals surface area contributed by atoms with Crippen LogP contribution in [-0.4, -0.2) is 110 Å². The molecule has 2 aliphatic heterocycles. The van der Waals surface area contributed by atoms with Crippen LogP contribution >= 0.6 is 10.7 Å². The van der Waals surface area contributed by atoms with Gasteiger partial charge in [-0.25, -0.2) is 31.5 Å². The first-order chi connectivity index (χ1) is 32.2. The predicted octanol–water partition coefficient (Wildman–Crippen LogP) is 7.85. The number of hydrogen-bond donors (Lipinski definition) is 2. The SMILES string of the molecule is CS(=O)(=O)Cl.CS(=O)(=O)NCCCc1nc2ccccc2n(C2CCN(C3CCCCCCC3)CC2)c1=O.NCCCc1nc2ccccc2n(C2CCN(C3CCCCCCC3)CC2)c1=O. The number of piperidine rings is 2. The van der Waals surface area contributed by atoms with Gasteiger partial charge in [0.1, 0.15) is 11.4 Å². The van der Waals surface area contributed by atoms with E-state index in [9.17, 15) is 26.4 Å². The highest BCUT2D eigenvalue weighted by Crippen LogP contribution is 2.31. The number of sulfonamides is 1. The molecule has 4 heterocycles. The minimum Gasteiger partial charge on any atom is -0.330 e. The minimum atomic E-state index is -3.23. The summed E-state index contributed by atoms with van der Waals surface area (Å²) in [6.45, 7) is 5.21. The molecule has 0 amide bonds. The standard InChI is InChI=1S/C25H38N4O3S.C24H36N4O.CH3ClO2S/c1-33(31,32)26-17-9-13-23-25(30)29(24-14-8-7-12-22(24)27-23)21-15-18-28(19-16-21)20-10-5-3-2-4-6-11-20;25-16-8-12-22-24(29)28(23-13-7-6-11-21(23)26-22)20-14-17-27(18-15-20)19-9-4-2-1-3-5-10-19;1-5(2,3)4/h7-8,12,14,20-21,26H,2-6,9-11,13,15-19H2,1H3;6-7,11,13,19-20H,1-5,8-10,12,14-18,25H2;1H3. The average Bonchev–Trinajstić information content (AvgIpc) is 3.27. The summed E-state index contributed by atoms with van der Waals surface area (Å²) in [4.78, 5) is 41.5. The molecule has 2 aromatic heterocycles. The molecule has 14 nitrogen and oxygen atoms in total. The quantitative estimate of drug-likeness (QED) is 0.104. The highest BCUT2D eigenvalue weighted by atomic mass is 35.7. The van der Waals surface area contributed by atoms with Crippen molar-refractivity contribution >= 4 is 51.8 Å². The smallest absolute Gasteiger partial charge is 0.272 e. The van der Waals surface area contributed by atoms with Gasteiger partial charge >= 0.3 is 0 Å². The van der Waals surface area contributed by atoms with E-state index in [1.165, 1.54) is 89.9 Å². The molecule has 372 valence electrons. The van der Waals surface area contributed by atoms with Crippen LogP contribution in [0.1, 0.15) is 152 Å². The van der Waals surface area contributed by atoms with Gasteiger partial charge in [0.25, 0.3) is 11.1 Å². The molecule has 2 aromatic carbocycles. The summed E-state index contributed by atoms with van der Waals surface area (Å²) in [6, 6.07) is 17.9. The molecule has 17 heteroatoms. The van der Waals surface area contributed by atoms with Gasteiger partial charge in [-0.15, -0.1) is 0 Å². The molecule has 0 bridgehead atoms. The third-order valence-electron chi connectivity index (χ3n) is 14.2. The van der Waals surface area contributed by atoms with Crippen LogP contribution < -0.4 is 21.6 Å². The zero-order chi connectivity index (χ0) is 47.8. The molecular formula is C50H77ClN8O6S2. The minimum absolute atomic E-state index is 0.0162. The molecule has 0 spiro atoms. The first kappa shape index (κ1) is 53.1. The van der Waals surface area contributed by atoms with Crippen molar-refractivity contribution < 1.29 is 16.8 Å². The van der Waals surface area contributed by atoms with Gasteiger partial charge < -0.3 is 24.7 Å². The van der Waals surface area contributed by atoms with Gasteiger partial charge in [-0.2, -0.15) is 0 Å². The first-order valence-corrected chi connectivity index (χ1v) is 29.8. The van der Waals surface area contributed by atoms with E-state index < -0.39 is 19.1 Å². The van der Waals surface area contributed by atoms with Crippen LogP contribution in [0.15, 0.2) is 58.1 Å². The number of benzene rings is 2. The Hall–Kier alpha value is -3.25. The Balaban J connectivity index is 0.000000202. The van der Waals surface area contributed by atoms with Crippen molar-refractivity contribution in [3.8, 4) is 0 Å². The number of aromatic nitrogens is 4. The molecule has 2 saturated heterocycles. The van der Waals surface area contributed by atoms with Crippen LogP contribution in [0.3, 0.4) is 0 Å². The lowest BCUT2D eigenvalue weighted by Gasteiger charge is -2.39. The highest BCUT2D eigenvalue weighted by molar-refractivity contribution is 8.13. The van der Waals surface area contributed by atoms with E-state index in [1.807, 2.05) is 47.0 Å². The predicted molar refractivity (Wildman–Crippen MR) is 273 cm³/mol. The lowest BCUT2D eigenvalue weighted by atomic mass is 9.93. The van der Waals surface area contributed by atoms with Crippen molar-refractivity contribution in [3.63, 3.8) is 0 Å². The molecule has 8 rings (SSSR count). The number of likely N-dealkylation sites (tertiary alicyclic amines) is 2. The fourth-order valence-electron chi connectivity index (χ4n) is 10.9. The third kappa shape index (κ3) is 16.4. The Kier molecular flexibility index (Phi) is 20.7. The maximum Gasteiger partial charge on any atom is 0.272 e. The number of para-hydroxylation sites is 4. The molecule has 2 aliphatic carbocycles. The number of rotatable bonds is 12. The number of halogens is 1. The summed E-state index contributed by atoms with van der Waals surface area (Å²) >= 11 is 0. The number of nitrogens with one attached hydrogen (secondary N) is 1. The molecular weight excluding hydrogens is 908 g/mol. The monoisotopic (exact) mass is 985 g/mol. The maximum atomic E-state index is 13.5. The van der Waals surface area contributed by atoms with E-state index >= 15 is 0 Å². The van der Waals surface area contributed by atoms with Crippen LogP contribution in [0.2, 0.25) is 0 Å². The largest absolute Gasteiger partial charge is 0.330 e. The second kappa shape index (κ2) is 26.1. The van der Waals surface area contributed by atoms with E-state index in [1.54, 1.807) is 0 Å². The topological polar surface area (TPSA) is 183 Å². The maximum absolute atomic E-state index is 13.5. The summed E-state index contributed by atoms with van der Waals surface area (Å²) in [5.41, 5.74) is 10.6. The third-order valence-corrected chi connectivity index (χ3v) is 14.9. The second-order valence-corrected chi connectivity index (χ2v) is 24.2.